The average molecular weight is 282 g/mol. The Morgan fingerprint density at radius 3 is 1.53 bits per heavy atom. The zero-order chi connectivity index (χ0) is 22.3. The maximum atomic E-state index is 12.0. The third-order valence-corrected chi connectivity index (χ3v) is 2.41. The van der Waals surface area contributed by atoms with Gasteiger partial charge in [-0.15, -0.1) is 0 Å². The van der Waals surface area contributed by atoms with E-state index >= 15 is 0 Å². The fourth-order valence-electron chi connectivity index (χ4n) is 0.914. The predicted molar refractivity (Wildman–Crippen MR) is 77.0 cm³/mol. The molecular formula is C14H12N2O2S. The van der Waals surface area contributed by atoms with Crippen LogP contribution in [-0.2, 0) is 10.2 Å². The van der Waals surface area contributed by atoms with Crippen LogP contribution >= 0.6 is 0 Å². The van der Waals surface area contributed by atoms with Crippen molar-refractivity contribution in [3.05, 3.63) is 71.6 Å². The Hall–Kier alpha value is -2.27. The molecule has 0 bridgehead atoms. The first-order valence-electron chi connectivity index (χ1n) is 9.79. The maximum Gasteiger partial charge on any atom is 0.362 e. The molecule has 4 nitrogen and oxygen atoms in total. The van der Waals surface area contributed by atoms with Gasteiger partial charge in [-0.2, -0.15) is 17.2 Å². The van der Waals surface area contributed by atoms with Crippen LogP contribution in [0.5, 0.6) is 0 Å². The lowest BCUT2D eigenvalue weighted by atomic mass is 10.2. The molecule has 2 aromatic rings. The molecule has 0 aromatic heterocycles. The third-order valence-electron chi connectivity index (χ3n) is 1.67. The van der Waals surface area contributed by atoms with Crippen molar-refractivity contribution in [1.29, 1.82) is 0 Å². The van der Waals surface area contributed by atoms with Gasteiger partial charge in [-0.3, -0.25) is 0 Å². The summed E-state index contributed by atoms with van der Waals surface area (Å²) in [5.41, 5.74) is -0.949. The highest BCUT2D eigenvalue weighted by Crippen LogP contribution is 2.00. The molecule has 0 heterocycles. The van der Waals surface area contributed by atoms with Crippen molar-refractivity contribution in [2.45, 2.75) is 0 Å². The fourth-order valence-corrected chi connectivity index (χ4v) is 1.45. The quantitative estimate of drug-likeness (QED) is 0.809. The highest BCUT2D eigenvalue weighted by atomic mass is 32.2. The lowest BCUT2D eigenvalue weighted by molar-refractivity contribution is 0.600. The van der Waals surface area contributed by atoms with Gasteiger partial charge in [0.1, 0.15) is 0 Å². The molecule has 0 aliphatic rings. The zero-order valence-corrected chi connectivity index (χ0v) is 10.1. The Morgan fingerprint density at radius 1 is 0.789 bits per heavy atom. The minimum Gasteiger partial charge on any atom is -0.179 e. The summed E-state index contributed by atoms with van der Waals surface area (Å²) in [5.74, 6) is 0. The molecule has 0 saturated carbocycles. The van der Waals surface area contributed by atoms with Crippen LogP contribution in [0.4, 0.5) is 0 Å². The molecule has 0 unspecified atom stereocenters. The summed E-state index contributed by atoms with van der Waals surface area (Å²) in [4.78, 5) is 0. The van der Waals surface area contributed by atoms with Crippen molar-refractivity contribution in [3.63, 3.8) is 0 Å². The van der Waals surface area contributed by atoms with Crippen LogP contribution in [0.1, 0.15) is 24.8 Å². The smallest absolute Gasteiger partial charge is 0.179 e. The molecule has 0 amide bonds. The zero-order valence-electron chi connectivity index (χ0n) is 19.3. The summed E-state index contributed by atoms with van der Waals surface area (Å²) >= 11 is 0. The van der Waals surface area contributed by atoms with E-state index in [2.05, 4.69) is 8.80 Å². The predicted octanol–water partition coefficient (Wildman–Crippen LogP) is 2.47. The molecule has 96 valence electrons. The minimum atomic E-state index is -4.65. The molecule has 2 aromatic carbocycles. The summed E-state index contributed by atoms with van der Waals surface area (Å²) in [6.07, 6.45) is 1.07. The van der Waals surface area contributed by atoms with Crippen molar-refractivity contribution in [2.24, 2.45) is 8.80 Å². The van der Waals surface area contributed by atoms with Crippen molar-refractivity contribution in [3.8, 4) is 0 Å². The first-order chi connectivity index (χ1) is 13.3. The van der Waals surface area contributed by atoms with E-state index in [4.69, 9.17) is 13.7 Å². The first kappa shape index (κ1) is 5.38. The molecule has 0 fully saturated rings. The van der Waals surface area contributed by atoms with Gasteiger partial charge in [0.2, 0.25) is 0 Å². The molecule has 0 spiro atoms. The monoisotopic (exact) mass is 282 g/mol. The normalized spacial score (nSPS) is 19.6. The van der Waals surface area contributed by atoms with Crippen LogP contribution in [0.2, 0.25) is 0 Å². The molecule has 0 atom stereocenters. The highest BCUT2D eigenvalue weighted by Gasteiger charge is 2.01. The van der Waals surface area contributed by atoms with Gasteiger partial charge in [0.25, 0.3) is 0 Å². The van der Waals surface area contributed by atoms with Crippen LogP contribution < -0.4 is 0 Å². The second-order valence-electron chi connectivity index (χ2n) is 2.99. The molecule has 0 aliphatic carbocycles. The van der Waals surface area contributed by atoms with E-state index in [-0.39, 0.29) is 0 Å². The van der Waals surface area contributed by atoms with Gasteiger partial charge >= 0.3 is 10.2 Å². The van der Waals surface area contributed by atoms with Gasteiger partial charge in [0, 0.05) is 12.4 Å². The van der Waals surface area contributed by atoms with E-state index in [0.29, 0.717) is 12.4 Å². The number of nitrogens with zero attached hydrogens (tertiary/aromatic N) is 2. The molecule has 0 aliphatic heterocycles. The summed E-state index contributed by atoms with van der Waals surface area (Å²) in [7, 11) is -4.65. The molecule has 0 N–H and O–H groups in total. The molecule has 19 heavy (non-hydrogen) atoms. The van der Waals surface area contributed by atoms with Crippen molar-refractivity contribution < 1.29 is 22.1 Å². The Bertz CT molecular complexity index is 1030. The van der Waals surface area contributed by atoms with Crippen molar-refractivity contribution in [2.75, 3.05) is 0 Å². The Balaban J connectivity index is 2.48. The summed E-state index contributed by atoms with van der Waals surface area (Å²) in [5, 5.41) is 0. The van der Waals surface area contributed by atoms with E-state index in [0.717, 1.165) is 0 Å². The van der Waals surface area contributed by atoms with Gasteiger partial charge in [-0.05, 0) is 11.1 Å². The minimum absolute atomic E-state index is 0.474. The second kappa shape index (κ2) is 6.06. The van der Waals surface area contributed by atoms with E-state index in [9.17, 15) is 8.42 Å². The fraction of sp³-hybridized carbons (Fsp3) is 0. The molecule has 0 saturated heterocycles. The Morgan fingerprint density at radius 2 is 1.16 bits per heavy atom. The van der Waals surface area contributed by atoms with Crippen LogP contribution in [0.15, 0.2) is 69.2 Å². The van der Waals surface area contributed by atoms with Crippen LogP contribution in [-0.4, -0.2) is 20.8 Å². The molecule has 2 rings (SSSR count). The largest absolute Gasteiger partial charge is 0.362 e. The van der Waals surface area contributed by atoms with Crippen molar-refractivity contribution >= 4 is 22.6 Å². The van der Waals surface area contributed by atoms with Gasteiger partial charge < -0.3 is 0 Å². The summed E-state index contributed by atoms with van der Waals surface area (Å²) in [6.45, 7) is 0. The molecule has 0 radical (unpaired) electrons. The highest BCUT2D eigenvalue weighted by molar-refractivity contribution is 7.89. The van der Waals surface area contributed by atoms with Crippen LogP contribution in [0.3, 0.4) is 0 Å². The number of rotatable bonds is 4. The van der Waals surface area contributed by atoms with Crippen molar-refractivity contribution in [1.82, 2.24) is 0 Å². The SMILES string of the molecule is [2H]c1c([2H])c([2H])c(/C=N/S(=O)(=O)/N=C/c2c([2H])c([2H])c([2H])c([2H])c2[2H])c([2H])c1[2H]. The van der Waals surface area contributed by atoms with E-state index in [1.54, 1.807) is 0 Å². The van der Waals surface area contributed by atoms with E-state index in [1.165, 1.54) is 0 Å². The lowest BCUT2D eigenvalue weighted by Crippen LogP contribution is -1.93. The van der Waals surface area contributed by atoms with E-state index in [1.807, 2.05) is 0 Å². The third kappa shape index (κ3) is 4.48. The molecule has 5 heteroatoms. The summed E-state index contributed by atoms with van der Waals surface area (Å²) < 4.78 is 106. The number of benzene rings is 2. The Kier molecular flexibility index (Phi) is 1.72. The Labute approximate surface area is 126 Å². The van der Waals surface area contributed by atoms with Gasteiger partial charge in [-0.1, -0.05) is 60.4 Å². The van der Waals surface area contributed by atoms with Crippen LogP contribution in [0, 0.1) is 0 Å². The lowest BCUT2D eigenvalue weighted by Gasteiger charge is -1.92. The van der Waals surface area contributed by atoms with Crippen LogP contribution in [0.25, 0.3) is 0 Å². The summed E-state index contributed by atoms with van der Waals surface area (Å²) in [6, 6.07) is -6.65. The maximum absolute atomic E-state index is 12.0. The first-order valence-corrected chi connectivity index (χ1v) is 6.19. The van der Waals surface area contributed by atoms with Gasteiger partial charge in [-0.25, -0.2) is 0 Å². The number of hydrogen-bond acceptors (Lipinski definition) is 2. The standard InChI is InChI=1S/C14H12N2O2S/c17-19(18,15-11-13-7-3-1-4-8-13)16-12-14-9-5-2-6-10-14/h1-12H/b15-11+,16-12+/i1D,2D,3D,4D,5D,6D,7D,8D,9D,10D. The average Bonchev–Trinajstić information content (AvgIpc) is 2.67. The number of hydrogen-bond donors (Lipinski definition) is 0. The van der Waals surface area contributed by atoms with Gasteiger partial charge in [0.15, 0.2) is 0 Å². The molecular weight excluding hydrogens is 260 g/mol. The topological polar surface area (TPSA) is 58.9 Å². The van der Waals surface area contributed by atoms with E-state index < -0.39 is 81.8 Å². The van der Waals surface area contributed by atoms with Gasteiger partial charge in [0.05, 0.1) is 13.7 Å². The second-order valence-corrected chi connectivity index (χ2v) is 4.31.